The van der Waals surface area contributed by atoms with Crippen LogP contribution in [0.5, 0.6) is 0 Å². The van der Waals surface area contributed by atoms with E-state index in [1.165, 1.54) is 6.42 Å². The Balaban J connectivity index is 1.57. The number of hydrogen-bond acceptors (Lipinski definition) is 8. The van der Waals surface area contributed by atoms with Gasteiger partial charge in [-0.3, -0.25) is 4.90 Å². The van der Waals surface area contributed by atoms with E-state index in [-0.39, 0.29) is 5.96 Å². The molecule has 0 saturated heterocycles. The predicted octanol–water partition coefficient (Wildman–Crippen LogP) is 2.55. The maximum atomic E-state index is 6.36. The first-order valence-corrected chi connectivity index (χ1v) is 10.6. The number of benzene rings is 1. The van der Waals surface area contributed by atoms with Crippen LogP contribution in [0.2, 0.25) is 0 Å². The fourth-order valence-electron chi connectivity index (χ4n) is 4.51. The van der Waals surface area contributed by atoms with Crippen molar-refractivity contribution in [2.75, 3.05) is 4.90 Å². The standard InChI is InChI=1S/C19H24N8S/c1-12-11-26-15(24-25-18(26)28-12)13-6-5-7-14(10-13)27-17(21)22-16(20)23-19(27)8-3-2-4-9-19/h5-7,10,12H,2-4,8-9,11H2,1H3,(H4,20,21,22,23). The molecule has 4 N–H and O–H groups in total. The van der Waals surface area contributed by atoms with E-state index in [2.05, 4.69) is 49.8 Å². The van der Waals surface area contributed by atoms with Crippen molar-refractivity contribution in [1.29, 1.82) is 0 Å². The van der Waals surface area contributed by atoms with Gasteiger partial charge in [0, 0.05) is 23.0 Å². The molecule has 0 radical (unpaired) electrons. The molecule has 3 aliphatic rings. The van der Waals surface area contributed by atoms with Crippen LogP contribution in [0.4, 0.5) is 5.69 Å². The van der Waals surface area contributed by atoms with Gasteiger partial charge in [-0.2, -0.15) is 4.99 Å². The third-order valence-corrected chi connectivity index (χ3v) is 6.74. The van der Waals surface area contributed by atoms with Crippen LogP contribution in [0.3, 0.4) is 0 Å². The molecule has 9 heteroatoms. The summed E-state index contributed by atoms with van der Waals surface area (Å²) in [7, 11) is 0. The Morgan fingerprint density at radius 2 is 1.96 bits per heavy atom. The lowest BCUT2D eigenvalue weighted by atomic mass is 9.87. The fraction of sp³-hybridized carbons (Fsp3) is 0.474. The van der Waals surface area contributed by atoms with E-state index >= 15 is 0 Å². The lowest BCUT2D eigenvalue weighted by molar-refractivity contribution is 0.305. The maximum absolute atomic E-state index is 6.36. The van der Waals surface area contributed by atoms with Gasteiger partial charge in [0.25, 0.3) is 0 Å². The van der Waals surface area contributed by atoms with Crippen molar-refractivity contribution in [3.63, 3.8) is 0 Å². The van der Waals surface area contributed by atoms with Crippen molar-refractivity contribution in [2.45, 2.75) is 61.6 Å². The number of aromatic nitrogens is 3. The molecule has 28 heavy (non-hydrogen) atoms. The number of aliphatic imine (C=N–C) groups is 2. The van der Waals surface area contributed by atoms with Crippen molar-refractivity contribution < 1.29 is 0 Å². The first-order valence-electron chi connectivity index (χ1n) is 9.76. The Morgan fingerprint density at radius 3 is 2.79 bits per heavy atom. The highest BCUT2D eigenvalue weighted by Crippen LogP contribution is 2.41. The minimum atomic E-state index is -0.441. The highest BCUT2D eigenvalue weighted by Gasteiger charge is 2.42. The lowest BCUT2D eigenvalue weighted by Crippen LogP contribution is -2.58. The molecule has 2 aliphatic heterocycles. The number of fused-ring (bicyclic) bond motifs is 1. The summed E-state index contributed by atoms with van der Waals surface area (Å²) in [5, 5.41) is 10.3. The summed E-state index contributed by atoms with van der Waals surface area (Å²) in [6.45, 7) is 3.13. The fourth-order valence-corrected chi connectivity index (χ4v) is 5.47. The van der Waals surface area contributed by atoms with E-state index in [1.54, 1.807) is 11.8 Å². The van der Waals surface area contributed by atoms with Crippen LogP contribution < -0.4 is 16.4 Å². The Kier molecular flexibility index (Phi) is 4.08. The molecule has 0 amide bonds. The van der Waals surface area contributed by atoms with Gasteiger partial charge < -0.3 is 16.0 Å². The van der Waals surface area contributed by atoms with Gasteiger partial charge >= 0.3 is 0 Å². The average molecular weight is 397 g/mol. The molecule has 146 valence electrons. The van der Waals surface area contributed by atoms with Gasteiger partial charge in [0.15, 0.2) is 11.0 Å². The number of thioether (sulfide) groups is 1. The Hall–Kier alpha value is -2.55. The van der Waals surface area contributed by atoms with Gasteiger partial charge in [0.1, 0.15) is 5.66 Å². The summed E-state index contributed by atoms with van der Waals surface area (Å²) in [6, 6.07) is 8.26. The van der Waals surface area contributed by atoms with Gasteiger partial charge in [-0.1, -0.05) is 37.2 Å². The molecule has 5 rings (SSSR count). The van der Waals surface area contributed by atoms with Crippen LogP contribution in [0.1, 0.15) is 39.0 Å². The van der Waals surface area contributed by atoms with E-state index < -0.39 is 5.66 Å². The quantitative estimate of drug-likeness (QED) is 0.807. The zero-order valence-electron chi connectivity index (χ0n) is 15.9. The normalized spacial score (nSPS) is 23.5. The smallest absolute Gasteiger partial charge is 0.220 e. The minimum absolute atomic E-state index is 0.271. The maximum Gasteiger partial charge on any atom is 0.220 e. The average Bonchev–Trinajstić information content (AvgIpc) is 3.20. The Bertz CT molecular complexity index is 972. The third kappa shape index (κ3) is 2.76. The summed E-state index contributed by atoms with van der Waals surface area (Å²) in [5.74, 6) is 1.57. The van der Waals surface area contributed by atoms with Crippen molar-refractivity contribution in [3.8, 4) is 11.4 Å². The van der Waals surface area contributed by atoms with Gasteiger partial charge in [0.2, 0.25) is 11.9 Å². The molecule has 2 aromatic rings. The molecule has 0 bridgehead atoms. The van der Waals surface area contributed by atoms with E-state index in [0.29, 0.717) is 11.2 Å². The molecule has 1 atom stereocenters. The first kappa shape index (κ1) is 17.5. The van der Waals surface area contributed by atoms with Crippen LogP contribution in [-0.4, -0.2) is 37.6 Å². The highest BCUT2D eigenvalue weighted by molar-refractivity contribution is 7.99. The number of guanidine groups is 2. The molecule has 1 aromatic heterocycles. The third-order valence-electron chi connectivity index (χ3n) is 5.68. The number of nitrogens with two attached hydrogens (primary N) is 2. The lowest BCUT2D eigenvalue weighted by Gasteiger charge is -2.45. The molecule has 8 nitrogen and oxygen atoms in total. The summed E-state index contributed by atoms with van der Waals surface area (Å²) >= 11 is 1.77. The molecule has 1 aromatic carbocycles. The zero-order chi connectivity index (χ0) is 19.3. The second-order valence-electron chi connectivity index (χ2n) is 7.71. The van der Waals surface area contributed by atoms with E-state index in [4.69, 9.17) is 16.5 Å². The molecule has 1 unspecified atom stereocenters. The number of hydrogen-bond donors (Lipinski definition) is 2. The van der Waals surface area contributed by atoms with Gasteiger partial charge in [-0.25, -0.2) is 4.99 Å². The summed E-state index contributed by atoms with van der Waals surface area (Å²) in [6.07, 6.45) is 5.26. The molecule has 1 saturated carbocycles. The van der Waals surface area contributed by atoms with Crippen LogP contribution in [-0.2, 0) is 6.54 Å². The van der Waals surface area contributed by atoms with Crippen LogP contribution in [0.15, 0.2) is 39.4 Å². The first-order chi connectivity index (χ1) is 13.6. The largest absolute Gasteiger partial charge is 0.369 e. The molecule has 1 fully saturated rings. The van der Waals surface area contributed by atoms with Gasteiger partial charge in [-0.15, -0.1) is 10.2 Å². The highest BCUT2D eigenvalue weighted by atomic mass is 32.2. The van der Waals surface area contributed by atoms with E-state index in [9.17, 15) is 0 Å². The molecular formula is C19H24N8S. The van der Waals surface area contributed by atoms with Crippen LogP contribution >= 0.6 is 11.8 Å². The molecule has 1 spiro atoms. The van der Waals surface area contributed by atoms with Gasteiger partial charge in [0.05, 0.1) is 0 Å². The Labute approximate surface area is 168 Å². The van der Waals surface area contributed by atoms with Crippen molar-refractivity contribution >= 4 is 29.4 Å². The molecular weight excluding hydrogens is 372 g/mol. The number of nitrogens with zero attached hydrogens (tertiary/aromatic N) is 6. The van der Waals surface area contributed by atoms with Gasteiger partial charge in [-0.05, 0) is 37.8 Å². The predicted molar refractivity (Wildman–Crippen MR) is 112 cm³/mol. The molecule has 3 heterocycles. The van der Waals surface area contributed by atoms with E-state index in [1.807, 2.05) is 6.07 Å². The second kappa shape index (κ2) is 6.51. The summed E-state index contributed by atoms with van der Waals surface area (Å²) in [4.78, 5) is 11.1. The topological polar surface area (TPSA) is 111 Å². The monoisotopic (exact) mass is 396 g/mol. The zero-order valence-corrected chi connectivity index (χ0v) is 16.7. The number of anilines is 1. The van der Waals surface area contributed by atoms with Crippen LogP contribution in [0, 0.1) is 0 Å². The SMILES string of the molecule is CC1Cn2c(nnc2-c2cccc(N3C(N)=NC(N)=NC34CCCCC4)c2)S1. The van der Waals surface area contributed by atoms with Crippen LogP contribution in [0.25, 0.3) is 11.4 Å². The van der Waals surface area contributed by atoms with Crippen molar-refractivity contribution in [1.82, 2.24) is 14.8 Å². The summed E-state index contributed by atoms with van der Waals surface area (Å²) < 4.78 is 2.19. The minimum Gasteiger partial charge on any atom is -0.369 e. The Morgan fingerprint density at radius 1 is 1.14 bits per heavy atom. The van der Waals surface area contributed by atoms with E-state index in [0.717, 1.165) is 54.5 Å². The summed E-state index contributed by atoms with van der Waals surface area (Å²) in [5.41, 5.74) is 13.9. The molecule has 1 aliphatic carbocycles. The second-order valence-corrected chi connectivity index (χ2v) is 9.12. The number of rotatable bonds is 2. The van der Waals surface area contributed by atoms with Crippen molar-refractivity contribution in [3.05, 3.63) is 24.3 Å². The van der Waals surface area contributed by atoms with Crippen molar-refractivity contribution in [2.24, 2.45) is 21.5 Å².